The Balaban J connectivity index is 1.76. The molecule has 2 fully saturated rings. The Morgan fingerprint density at radius 1 is 1.17 bits per heavy atom. The minimum Gasteiger partial charge on any atom is -0.480 e. The fourth-order valence-electron chi connectivity index (χ4n) is 4.79. The third kappa shape index (κ3) is 4.74. The van der Waals surface area contributed by atoms with Crippen molar-refractivity contribution in [2.75, 3.05) is 6.54 Å². The summed E-state index contributed by atoms with van der Waals surface area (Å²) in [4.78, 5) is 39.4. The first-order valence-corrected chi connectivity index (χ1v) is 10.6. The predicted molar refractivity (Wildman–Crippen MR) is 110 cm³/mol. The predicted octanol–water partition coefficient (Wildman–Crippen LogP) is 1.60. The first-order chi connectivity index (χ1) is 13.9. The Morgan fingerprint density at radius 3 is 2.55 bits per heavy atom. The molecule has 2 aliphatic heterocycles. The lowest BCUT2D eigenvalue weighted by Gasteiger charge is -2.44. The van der Waals surface area contributed by atoms with E-state index in [1.165, 1.54) is 0 Å². The molecule has 0 spiro atoms. The van der Waals surface area contributed by atoms with Gasteiger partial charge in [-0.3, -0.25) is 19.3 Å². The molecule has 2 heterocycles. The largest absolute Gasteiger partial charge is 0.480 e. The van der Waals surface area contributed by atoms with Crippen LogP contribution in [0.25, 0.3) is 0 Å². The number of fused-ring (bicyclic) bond motifs is 1. The lowest BCUT2D eigenvalue weighted by molar-refractivity contribution is -0.145. The van der Waals surface area contributed by atoms with Gasteiger partial charge in [0, 0.05) is 30.2 Å². The van der Waals surface area contributed by atoms with Gasteiger partial charge in [0.25, 0.3) is 0 Å². The van der Waals surface area contributed by atoms with Gasteiger partial charge < -0.3 is 16.2 Å². The maximum Gasteiger partial charge on any atom is 0.320 e. The van der Waals surface area contributed by atoms with Crippen molar-refractivity contribution in [3.63, 3.8) is 0 Å². The van der Waals surface area contributed by atoms with Crippen molar-refractivity contribution in [3.8, 4) is 0 Å². The summed E-state index contributed by atoms with van der Waals surface area (Å²) in [6, 6.07) is 7.11. The van der Waals surface area contributed by atoms with Crippen LogP contribution in [0.5, 0.6) is 0 Å². The highest BCUT2D eigenvalue weighted by molar-refractivity contribution is 6.45. The van der Waals surface area contributed by atoms with E-state index in [0.717, 1.165) is 25.7 Å². The average Bonchev–Trinajstić information content (AvgIpc) is 3.17. The topological polar surface area (TPSA) is 113 Å². The van der Waals surface area contributed by atoms with Crippen LogP contribution in [-0.2, 0) is 9.59 Å². The molecule has 7 heteroatoms. The minimum absolute atomic E-state index is 0.0730. The van der Waals surface area contributed by atoms with Gasteiger partial charge in [0.1, 0.15) is 6.04 Å². The summed E-state index contributed by atoms with van der Waals surface area (Å²) in [5, 5.41) is 13.1. The molecular weight excluding hydrogens is 370 g/mol. The number of carboxylic acid groups (broad SMARTS) is 1. The first-order valence-electron chi connectivity index (χ1n) is 10.6. The SMILES string of the molecule is CCCC(N)CCC1NCC(C(=O)C(=O)c2ccccc2)N2C(C(=O)O)CCC12. The van der Waals surface area contributed by atoms with E-state index in [0.29, 0.717) is 18.4 Å². The number of hydrogen-bond acceptors (Lipinski definition) is 6. The summed E-state index contributed by atoms with van der Waals surface area (Å²) in [6.07, 6.45) is 4.88. The molecule has 29 heavy (non-hydrogen) atoms. The quantitative estimate of drug-likeness (QED) is 0.425. The maximum absolute atomic E-state index is 13.0. The molecule has 1 aromatic carbocycles. The van der Waals surface area contributed by atoms with E-state index in [-0.39, 0.29) is 24.7 Å². The number of nitrogens with two attached hydrogens (primary N) is 1. The molecule has 158 valence electrons. The number of hydrogen-bond donors (Lipinski definition) is 3. The number of carboxylic acids is 1. The van der Waals surface area contributed by atoms with Crippen molar-refractivity contribution in [2.24, 2.45) is 5.73 Å². The van der Waals surface area contributed by atoms with E-state index in [9.17, 15) is 19.5 Å². The molecule has 5 unspecified atom stereocenters. The Morgan fingerprint density at radius 2 is 1.90 bits per heavy atom. The van der Waals surface area contributed by atoms with Crippen LogP contribution in [0.4, 0.5) is 0 Å². The molecule has 2 aliphatic rings. The van der Waals surface area contributed by atoms with Crippen molar-refractivity contribution >= 4 is 17.5 Å². The van der Waals surface area contributed by atoms with Crippen LogP contribution in [-0.4, -0.2) is 64.3 Å². The molecule has 1 aromatic rings. The number of aliphatic carboxylic acids is 1. The molecule has 0 radical (unpaired) electrons. The Labute approximate surface area is 171 Å². The van der Waals surface area contributed by atoms with Gasteiger partial charge in [-0.25, -0.2) is 0 Å². The summed E-state index contributed by atoms with van der Waals surface area (Å²) >= 11 is 0. The molecule has 7 nitrogen and oxygen atoms in total. The highest BCUT2D eigenvalue weighted by atomic mass is 16.4. The molecule has 3 rings (SSSR count). The van der Waals surface area contributed by atoms with Crippen LogP contribution in [0, 0.1) is 0 Å². The van der Waals surface area contributed by atoms with Crippen molar-refractivity contribution < 1.29 is 19.5 Å². The number of carbonyl (C=O) groups excluding carboxylic acids is 2. The summed E-state index contributed by atoms with van der Waals surface area (Å²) in [7, 11) is 0. The number of benzene rings is 1. The van der Waals surface area contributed by atoms with Crippen LogP contribution in [0.2, 0.25) is 0 Å². The minimum atomic E-state index is -0.930. The van der Waals surface area contributed by atoms with Gasteiger partial charge >= 0.3 is 5.97 Å². The van der Waals surface area contributed by atoms with Gasteiger partial charge in [0.2, 0.25) is 11.6 Å². The van der Waals surface area contributed by atoms with Gasteiger partial charge in [-0.2, -0.15) is 0 Å². The van der Waals surface area contributed by atoms with Crippen LogP contribution in [0.15, 0.2) is 30.3 Å². The molecule has 0 aromatic heterocycles. The van der Waals surface area contributed by atoms with Crippen molar-refractivity contribution in [3.05, 3.63) is 35.9 Å². The van der Waals surface area contributed by atoms with Gasteiger partial charge in [0.05, 0.1) is 6.04 Å². The van der Waals surface area contributed by atoms with Crippen LogP contribution < -0.4 is 11.1 Å². The van der Waals surface area contributed by atoms with E-state index in [1.807, 2.05) is 0 Å². The fourth-order valence-corrected chi connectivity index (χ4v) is 4.79. The molecule has 4 N–H and O–H groups in total. The van der Waals surface area contributed by atoms with Gasteiger partial charge in [-0.15, -0.1) is 0 Å². The highest BCUT2D eigenvalue weighted by Crippen LogP contribution is 2.33. The first kappa shape index (κ1) is 21.6. The lowest BCUT2D eigenvalue weighted by atomic mass is 9.91. The van der Waals surface area contributed by atoms with E-state index in [1.54, 1.807) is 35.2 Å². The number of nitrogens with one attached hydrogen (secondary N) is 1. The standard InChI is InChI=1S/C22H31N3O4/c1-2-6-15(23)9-10-16-17-11-12-18(22(28)29)25(17)19(13-24-16)21(27)20(26)14-7-4-3-5-8-14/h3-5,7-8,15-19,24H,2,6,9-13,23H2,1H3,(H,28,29). The maximum atomic E-state index is 13.0. The molecule has 0 amide bonds. The third-order valence-corrected chi connectivity index (χ3v) is 6.23. The van der Waals surface area contributed by atoms with E-state index in [2.05, 4.69) is 12.2 Å². The summed E-state index contributed by atoms with van der Waals surface area (Å²) in [5.74, 6) is -2.03. The zero-order valence-electron chi connectivity index (χ0n) is 16.9. The monoisotopic (exact) mass is 401 g/mol. The van der Waals surface area contributed by atoms with Crippen LogP contribution in [0.3, 0.4) is 0 Å². The number of piperazine rings is 1. The van der Waals surface area contributed by atoms with Gasteiger partial charge in [0.15, 0.2) is 0 Å². The van der Waals surface area contributed by atoms with Crippen LogP contribution >= 0.6 is 0 Å². The van der Waals surface area contributed by atoms with Crippen LogP contribution in [0.1, 0.15) is 55.8 Å². The Bertz CT molecular complexity index is 739. The normalized spacial score (nSPS) is 27.9. The van der Waals surface area contributed by atoms with Crippen molar-refractivity contribution in [2.45, 2.75) is 75.7 Å². The number of nitrogens with zero attached hydrogens (tertiary/aromatic N) is 1. The molecule has 0 bridgehead atoms. The number of rotatable bonds is 9. The van der Waals surface area contributed by atoms with Gasteiger partial charge in [-0.05, 0) is 32.1 Å². The summed E-state index contributed by atoms with van der Waals surface area (Å²) in [6.45, 7) is 2.39. The molecule has 2 saturated heterocycles. The van der Waals surface area contributed by atoms with E-state index >= 15 is 0 Å². The van der Waals surface area contributed by atoms with E-state index in [4.69, 9.17) is 5.73 Å². The summed E-state index contributed by atoms with van der Waals surface area (Å²) in [5.41, 5.74) is 6.50. The Hall–Kier alpha value is -2.09. The van der Waals surface area contributed by atoms with Crippen molar-refractivity contribution in [1.82, 2.24) is 10.2 Å². The number of carbonyl (C=O) groups is 3. The second-order valence-electron chi connectivity index (χ2n) is 8.16. The zero-order chi connectivity index (χ0) is 21.0. The molecule has 0 aliphatic carbocycles. The smallest absolute Gasteiger partial charge is 0.320 e. The second kappa shape index (κ2) is 9.61. The Kier molecular flexibility index (Phi) is 7.16. The average molecular weight is 402 g/mol. The third-order valence-electron chi connectivity index (χ3n) is 6.23. The fraction of sp³-hybridized carbons (Fsp3) is 0.591. The molecule has 5 atom stereocenters. The molecular formula is C22H31N3O4. The van der Waals surface area contributed by atoms with E-state index < -0.39 is 29.6 Å². The second-order valence-corrected chi connectivity index (χ2v) is 8.16. The van der Waals surface area contributed by atoms with Crippen molar-refractivity contribution in [1.29, 1.82) is 0 Å². The number of Topliss-reactive ketones (excluding diaryl/α,β-unsaturated/α-hetero) is 2. The lowest BCUT2D eigenvalue weighted by Crippen LogP contribution is -2.66. The number of ketones is 2. The molecule has 0 saturated carbocycles. The zero-order valence-corrected chi connectivity index (χ0v) is 16.9. The highest BCUT2D eigenvalue weighted by Gasteiger charge is 2.50. The van der Waals surface area contributed by atoms with Gasteiger partial charge in [-0.1, -0.05) is 43.7 Å². The summed E-state index contributed by atoms with van der Waals surface area (Å²) < 4.78 is 0.